The maximum Gasteiger partial charge on any atom is 0.290 e. The molecule has 0 radical (unpaired) electrons. The van der Waals surface area contributed by atoms with E-state index in [0.717, 1.165) is 12.8 Å². The minimum absolute atomic E-state index is 0.0677. The number of hydrogen-bond acceptors (Lipinski definition) is 7. The van der Waals surface area contributed by atoms with Gasteiger partial charge < -0.3 is 19.2 Å². The Morgan fingerprint density at radius 1 is 1.28 bits per heavy atom. The second-order valence-electron chi connectivity index (χ2n) is 6.88. The monoisotopic (exact) mass is 398 g/mol. The quantitative estimate of drug-likeness (QED) is 0.451. The van der Waals surface area contributed by atoms with Gasteiger partial charge in [0, 0.05) is 19.2 Å². The molecule has 1 fully saturated rings. The van der Waals surface area contributed by atoms with Crippen LogP contribution in [0.4, 0.5) is 5.69 Å². The molecule has 9 nitrogen and oxygen atoms in total. The third-order valence-electron chi connectivity index (χ3n) is 5.15. The average molecular weight is 398 g/mol. The van der Waals surface area contributed by atoms with Crippen molar-refractivity contribution in [2.24, 2.45) is 0 Å². The summed E-state index contributed by atoms with van der Waals surface area (Å²) in [5.74, 6) is -2.26. The van der Waals surface area contributed by atoms with Gasteiger partial charge in [0.15, 0.2) is 11.5 Å². The zero-order valence-electron chi connectivity index (χ0n) is 15.3. The largest absolute Gasteiger partial charge is 0.503 e. The van der Waals surface area contributed by atoms with Gasteiger partial charge in [-0.2, -0.15) is 0 Å². The van der Waals surface area contributed by atoms with Gasteiger partial charge in [0.05, 0.1) is 34.5 Å². The molecule has 2 aliphatic heterocycles. The Hall–Kier alpha value is -3.46. The molecule has 1 N–H and O–H groups in total. The molecule has 29 heavy (non-hydrogen) atoms. The number of Topliss-reactive ketones (excluding diaryl/α,β-unsaturated/α-hetero) is 1. The van der Waals surface area contributed by atoms with Crippen LogP contribution in [0.3, 0.4) is 0 Å². The van der Waals surface area contributed by atoms with Gasteiger partial charge in [-0.3, -0.25) is 19.7 Å². The second kappa shape index (κ2) is 7.51. The van der Waals surface area contributed by atoms with Crippen LogP contribution in [0, 0.1) is 10.1 Å². The molecule has 9 heteroatoms. The highest BCUT2D eigenvalue weighted by Crippen LogP contribution is 2.42. The first-order valence-corrected chi connectivity index (χ1v) is 9.16. The standard InChI is InChI=1S/C20H18N2O7/c23-18(15-8-4-10-29-15)16-17(13-6-1-2-7-14(13)22(26)27)21(20(25)19(16)24)11-12-5-3-9-28-12/h1-2,4,6-8,10,12,17,24H,3,5,9,11H2/t12-,17+/m1/s1. The van der Waals surface area contributed by atoms with Gasteiger partial charge in [0.25, 0.3) is 11.6 Å². The van der Waals surface area contributed by atoms with Crippen molar-refractivity contribution >= 4 is 17.4 Å². The number of aliphatic hydroxyl groups is 1. The van der Waals surface area contributed by atoms with Crippen LogP contribution in [0.25, 0.3) is 0 Å². The number of ketones is 1. The number of hydrogen-bond donors (Lipinski definition) is 1. The highest BCUT2D eigenvalue weighted by atomic mass is 16.6. The van der Waals surface area contributed by atoms with Crippen molar-refractivity contribution in [1.82, 2.24) is 4.90 Å². The summed E-state index contributed by atoms with van der Waals surface area (Å²) in [7, 11) is 0. The van der Waals surface area contributed by atoms with Crippen molar-refractivity contribution in [3.8, 4) is 0 Å². The van der Waals surface area contributed by atoms with Gasteiger partial charge in [0.1, 0.15) is 0 Å². The number of carbonyl (C=O) groups is 2. The molecule has 0 aliphatic carbocycles. The summed E-state index contributed by atoms with van der Waals surface area (Å²) in [6.07, 6.45) is 2.58. The third-order valence-corrected chi connectivity index (χ3v) is 5.15. The van der Waals surface area contributed by atoms with Crippen LogP contribution < -0.4 is 0 Å². The average Bonchev–Trinajstić information content (AvgIpc) is 3.46. The maximum absolute atomic E-state index is 13.0. The van der Waals surface area contributed by atoms with Crippen LogP contribution in [0.5, 0.6) is 0 Å². The highest BCUT2D eigenvalue weighted by molar-refractivity contribution is 6.15. The number of rotatable bonds is 6. The summed E-state index contributed by atoms with van der Waals surface area (Å²) < 4.78 is 10.7. The van der Waals surface area contributed by atoms with E-state index in [-0.39, 0.29) is 35.2 Å². The molecule has 1 saturated heterocycles. The first-order valence-electron chi connectivity index (χ1n) is 9.16. The van der Waals surface area contributed by atoms with Crippen LogP contribution in [0.2, 0.25) is 0 Å². The molecule has 2 aromatic rings. The molecule has 1 amide bonds. The Balaban J connectivity index is 1.83. The first kappa shape index (κ1) is 18.9. The number of nitro benzene ring substituents is 1. The summed E-state index contributed by atoms with van der Waals surface area (Å²) in [5, 5.41) is 22.1. The van der Waals surface area contributed by atoms with E-state index in [0.29, 0.717) is 6.61 Å². The number of para-hydroxylation sites is 1. The zero-order valence-corrected chi connectivity index (χ0v) is 15.3. The van der Waals surface area contributed by atoms with Gasteiger partial charge >= 0.3 is 0 Å². The van der Waals surface area contributed by atoms with Crippen molar-refractivity contribution in [2.45, 2.75) is 25.0 Å². The van der Waals surface area contributed by atoms with Crippen molar-refractivity contribution in [3.63, 3.8) is 0 Å². The fraction of sp³-hybridized carbons (Fsp3) is 0.300. The first-order chi connectivity index (χ1) is 14.0. The number of amides is 1. The van der Waals surface area contributed by atoms with E-state index in [1.54, 1.807) is 6.07 Å². The SMILES string of the molecule is O=C(C1=C(O)C(=O)N(C[C@H]2CCCO2)[C@H]1c1ccccc1[N+](=O)[O-])c1ccco1. The molecular formula is C20H18N2O7. The van der Waals surface area contributed by atoms with Gasteiger partial charge in [0.2, 0.25) is 5.78 Å². The van der Waals surface area contributed by atoms with E-state index in [1.807, 2.05) is 0 Å². The van der Waals surface area contributed by atoms with Gasteiger partial charge in [-0.1, -0.05) is 12.1 Å². The predicted octanol–water partition coefficient (Wildman–Crippen LogP) is 2.95. The van der Waals surface area contributed by atoms with Crippen LogP contribution in [-0.2, 0) is 9.53 Å². The maximum atomic E-state index is 13.0. The summed E-state index contributed by atoms with van der Waals surface area (Å²) in [4.78, 5) is 38.2. The Morgan fingerprint density at radius 2 is 2.07 bits per heavy atom. The molecule has 0 bridgehead atoms. The van der Waals surface area contributed by atoms with Gasteiger partial charge in [-0.25, -0.2) is 0 Å². The number of furan rings is 1. The highest BCUT2D eigenvalue weighted by Gasteiger charge is 2.47. The molecule has 2 atom stereocenters. The molecule has 0 unspecified atom stereocenters. The van der Waals surface area contributed by atoms with E-state index < -0.39 is 28.4 Å². The lowest BCUT2D eigenvalue weighted by atomic mass is 9.93. The Kier molecular flexibility index (Phi) is 4.89. The minimum Gasteiger partial charge on any atom is -0.503 e. The Labute approximate surface area is 165 Å². The summed E-state index contributed by atoms with van der Waals surface area (Å²) in [5.41, 5.74) is -0.345. The van der Waals surface area contributed by atoms with E-state index >= 15 is 0 Å². The fourth-order valence-electron chi connectivity index (χ4n) is 3.83. The van der Waals surface area contributed by atoms with Crippen molar-refractivity contribution in [1.29, 1.82) is 0 Å². The zero-order chi connectivity index (χ0) is 20.5. The molecule has 0 spiro atoms. The molecular weight excluding hydrogens is 380 g/mol. The van der Waals surface area contributed by atoms with Crippen LogP contribution in [0.1, 0.15) is 35.0 Å². The normalized spacial score (nSPS) is 21.8. The lowest BCUT2D eigenvalue weighted by Gasteiger charge is -2.28. The smallest absolute Gasteiger partial charge is 0.290 e. The van der Waals surface area contributed by atoms with E-state index in [2.05, 4.69) is 0 Å². The predicted molar refractivity (Wildman–Crippen MR) is 99.2 cm³/mol. The van der Waals surface area contributed by atoms with Crippen LogP contribution >= 0.6 is 0 Å². The molecule has 1 aromatic heterocycles. The lowest BCUT2D eigenvalue weighted by Crippen LogP contribution is -2.37. The van der Waals surface area contributed by atoms with E-state index in [9.17, 15) is 24.8 Å². The Morgan fingerprint density at radius 3 is 2.72 bits per heavy atom. The van der Waals surface area contributed by atoms with Crippen LogP contribution in [0.15, 0.2) is 58.4 Å². The number of aliphatic hydroxyl groups excluding tert-OH is 1. The Bertz CT molecular complexity index is 990. The molecule has 0 saturated carbocycles. The topological polar surface area (TPSA) is 123 Å². The van der Waals surface area contributed by atoms with Crippen LogP contribution in [-0.4, -0.2) is 45.9 Å². The third kappa shape index (κ3) is 3.29. The van der Waals surface area contributed by atoms with Crippen molar-refractivity contribution in [2.75, 3.05) is 13.2 Å². The van der Waals surface area contributed by atoms with Gasteiger partial charge in [-0.05, 0) is 31.0 Å². The molecule has 2 aliphatic rings. The number of carbonyl (C=O) groups excluding carboxylic acids is 2. The van der Waals surface area contributed by atoms with Gasteiger partial charge in [-0.15, -0.1) is 0 Å². The fourth-order valence-corrected chi connectivity index (χ4v) is 3.83. The molecule has 1 aromatic carbocycles. The van der Waals surface area contributed by atoms with Crippen molar-refractivity contribution in [3.05, 3.63) is 75.4 Å². The molecule has 150 valence electrons. The number of nitrogens with zero attached hydrogens (tertiary/aromatic N) is 2. The van der Waals surface area contributed by atoms with E-state index in [4.69, 9.17) is 9.15 Å². The number of benzene rings is 1. The lowest BCUT2D eigenvalue weighted by molar-refractivity contribution is -0.385. The van der Waals surface area contributed by atoms with E-state index in [1.165, 1.54) is 41.5 Å². The van der Waals surface area contributed by atoms with Crippen molar-refractivity contribution < 1.29 is 28.8 Å². The summed E-state index contributed by atoms with van der Waals surface area (Å²) in [6.45, 7) is 0.662. The minimum atomic E-state index is -1.12. The second-order valence-corrected chi connectivity index (χ2v) is 6.88. The number of ether oxygens (including phenoxy) is 1. The summed E-state index contributed by atoms with van der Waals surface area (Å²) >= 11 is 0. The molecule has 4 rings (SSSR count). The molecule has 3 heterocycles. The summed E-state index contributed by atoms with van der Waals surface area (Å²) in [6, 6.07) is 7.66. The number of nitro groups is 1.